The number of nitrogens with zero attached hydrogens (tertiary/aromatic N) is 1. The van der Waals surface area contributed by atoms with Crippen LogP contribution >= 0.6 is 0 Å². The molecule has 0 aliphatic heterocycles. The topological polar surface area (TPSA) is 50.2 Å². The first kappa shape index (κ1) is 34.7. The first-order valence-corrected chi connectivity index (χ1v) is 13.5. The molecule has 0 saturated carbocycles. The molecule has 1 aromatic heterocycles. The van der Waals surface area contributed by atoms with E-state index >= 15 is 0 Å². The zero-order valence-electron chi connectivity index (χ0n) is 26.3. The van der Waals surface area contributed by atoms with Crippen molar-refractivity contribution in [3.63, 3.8) is 0 Å². The number of hydrogen-bond donors (Lipinski definition) is 1. The predicted molar refractivity (Wildman–Crippen MR) is 163 cm³/mol. The molecule has 3 nitrogen and oxygen atoms in total. The molecule has 2 aromatic carbocycles. The summed E-state index contributed by atoms with van der Waals surface area (Å²) in [5.74, 6) is 0.104. The number of aromatic nitrogens is 1. The molecular weight excluding hydrogens is 659 g/mol. The average Bonchev–Trinajstić information content (AvgIpc) is 2.75. The van der Waals surface area contributed by atoms with Crippen molar-refractivity contribution in [2.45, 2.75) is 101 Å². The van der Waals surface area contributed by atoms with E-state index in [1.54, 1.807) is 0 Å². The minimum atomic E-state index is -0.417. The number of hydrogen-bond acceptors (Lipinski definition) is 3. The Morgan fingerprint density at radius 1 is 0.821 bits per heavy atom. The average molecular weight is 707 g/mol. The summed E-state index contributed by atoms with van der Waals surface area (Å²) in [6.07, 6.45) is 1.33. The number of aliphatic hydroxyl groups excluding tert-OH is 1. The number of pyridine rings is 1. The van der Waals surface area contributed by atoms with Crippen molar-refractivity contribution in [2.75, 3.05) is 0 Å². The van der Waals surface area contributed by atoms with Crippen molar-refractivity contribution >= 4 is 16.7 Å². The second-order valence-corrected chi connectivity index (χ2v) is 14.4. The second kappa shape index (κ2) is 12.5. The van der Waals surface area contributed by atoms with E-state index in [1.165, 1.54) is 22.6 Å². The predicted octanol–water partition coefficient (Wildman–Crippen LogP) is 9.69. The molecule has 0 aliphatic carbocycles. The standard InChI is InChI=1S/C24H28N.C11H20O2.Ir/c1-16-13-17(15-18(14-16)23(2,3)4)21-12-11-19-20(24(5,6)7)9-8-10-22(19)25-21;1-10(2,3)8(12)7-9(13)11(4,5)6;/h8-12,14-15H,1-7H3;7,12H,1-6H3;/q-1;;/b;8-7-;. The van der Waals surface area contributed by atoms with E-state index in [0.29, 0.717) is 0 Å². The Bertz CT molecular complexity index is 1320. The Morgan fingerprint density at radius 3 is 1.90 bits per heavy atom. The van der Waals surface area contributed by atoms with E-state index in [9.17, 15) is 9.90 Å². The molecule has 0 atom stereocenters. The summed E-state index contributed by atoms with van der Waals surface area (Å²) in [5.41, 5.74) is 6.41. The first-order valence-electron chi connectivity index (χ1n) is 13.5. The summed E-state index contributed by atoms with van der Waals surface area (Å²) in [4.78, 5) is 16.4. The third kappa shape index (κ3) is 9.69. The van der Waals surface area contributed by atoms with Crippen LogP contribution in [-0.2, 0) is 35.7 Å². The Hall–Kier alpha value is -2.29. The molecule has 4 heteroatoms. The van der Waals surface area contributed by atoms with Gasteiger partial charge in [0.2, 0.25) is 0 Å². The van der Waals surface area contributed by atoms with Gasteiger partial charge in [0.25, 0.3) is 0 Å². The summed E-state index contributed by atoms with van der Waals surface area (Å²) >= 11 is 0. The fourth-order valence-corrected chi connectivity index (χ4v) is 3.80. The summed E-state index contributed by atoms with van der Waals surface area (Å²) in [6.45, 7) is 26.7. The zero-order valence-corrected chi connectivity index (χ0v) is 28.6. The van der Waals surface area contributed by atoms with E-state index < -0.39 is 5.41 Å². The van der Waals surface area contributed by atoms with Crippen molar-refractivity contribution < 1.29 is 30.0 Å². The number of aliphatic hydroxyl groups is 1. The Labute approximate surface area is 250 Å². The Morgan fingerprint density at radius 2 is 1.41 bits per heavy atom. The molecule has 3 aromatic rings. The Kier molecular flexibility index (Phi) is 11.1. The Balaban J connectivity index is 0.000000466. The van der Waals surface area contributed by atoms with Gasteiger partial charge < -0.3 is 5.11 Å². The monoisotopic (exact) mass is 707 g/mol. The van der Waals surface area contributed by atoms with E-state index in [4.69, 9.17) is 4.98 Å². The third-order valence-electron chi connectivity index (χ3n) is 6.46. The quantitative estimate of drug-likeness (QED) is 0.164. The number of rotatable bonds is 2. The molecule has 0 fully saturated rings. The molecule has 39 heavy (non-hydrogen) atoms. The third-order valence-corrected chi connectivity index (χ3v) is 6.46. The fraction of sp³-hybridized carbons (Fsp3) is 0.486. The van der Waals surface area contributed by atoms with Crippen LogP contribution in [0.4, 0.5) is 0 Å². The summed E-state index contributed by atoms with van der Waals surface area (Å²) in [7, 11) is 0. The molecule has 215 valence electrons. The van der Waals surface area contributed by atoms with E-state index in [0.717, 1.165) is 22.3 Å². The number of carbonyl (C=O) groups excluding carboxylic acids is 1. The van der Waals surface area contributed by atoms with Gasteiger partial charge in [-0.1, -0.05) is 114 Å². The summed E-state index contributed by atoms with van der Waals surface area (Å²) in [6, 6.07) is 18.7. The van der Waals surface area contributed by atoms with E-state index in [2.05, 4.69) is 97.0 Å². The van der Waals surface area contributed by atoms with Crippen molar-refractivity contribution in [1.29, 1.82) is 0 Å². The van der Waals surface area contributed by atoms with Gasteiger partial charge in [0.15, 0.2) is 5.78 Å². The van der Waals surface area contributed by atoms with Gasteiger partial charge in [-0.25, -0.2) is 0 Å². The van der Waals surface area contributed by atoms with Crippen LogP contribution in [0.1, 0.15) is 99.8 Å². The first-order chi connectivity index (χ1) is 17.1. The summed E-state index contributed by atoms with van der Waals surface area (Å²) < 4.78 is 0. The number of ketones is 1. The molecule has 1 N–H and O–H groups in total. The molecule has 0 spiro atoms. The van der Waals surface area contributed by atoms with Gasteiger partial charge in [-0.05, 0) is 28.2 Å². The van der Waals surface area contributed by atoms with Crippen molar-refractivity contribution in [3.05, 3.63) is 77.1 Å². The van der Waals surface area contributed by atoms with Gasteiger partial charge in [0, 0.05) is 42.4 Å². The number of benzene rings is 2. The molecule has 0 unspecified atom stereocenters. The maximum absolute atomic E-state index is 11.5. The van der Waals surface area contributed by atoms with Crippen LogP contribution in [0.25, 0.3) is 22.2 Å². The number of allylic oxidation sites excluding steroid dienone is 2. The molecular formula is C35H48IrNO2-. The summed E-state index contributed by atoms with van der Waals surface area (Å²) in [5, 5.41) is 10.8. The molecule has 0 amide bonds. The van der Waals surface area contributed by atoms with Crippen LogP contribution in [0.5, 0.6) is 0 Å². The maximum Gasteiger partial charge on any atom is 0.164 e. The van der Waals surface area contributed by atoms with Crippen molar-refractivity contribution in [3.8, 4) is 11.3 Å². The van der Waals surface area contributed by atoms with Crippen LogP contribution in [0.15, 0.2) is 54.3 Å². The van der Waals surface area contributed by atoms with Crippen LogP contribution in [0.2, 0.25) is 0 Å². The van der Waals surface area contributed by atoms with Gasteiger partial charge >= 0.3 is 0 Å². The molecule has 0 bridgehead atoms. The SMILES string of the molecule is CC(C)(C)C(=O)/C=C(\O)C(C)(C)C.Cc1[c-]c(-c2ccc3c(C(C)(C)C)cccc3n2)cc(C(C)(C)C)c1.[Ir]. The molecule has 0 saturated heterocycles. The smallest absolute Gasteiger partial charge is 0.164 e. The van der Waals surface area contributed by atoms with E-state index in [-0.39, 0.29) is 47.9 Å². The number of aryl methyl sites for hydroxylation is 1. The fourth-order valence-electron chi connectivity index (χ4n) is 3.80. The molecule has 0 aliphatic rings. The largest absolute Gasteiger partial charge is 0.512 e. The van der Waals surface area contributed by atoms with E-state index in [1.807, 2.05) is 41.5 Å². The molecule has 1 heterocycles. The van der Waals surface area contributed by atoms with Gasteiger partial charge in [-0.2, -0.15) is 0 Å². The van der Waals surface area contributed by atoms with Crippen molar-refractivity contribution in [2.24, 2.45) is 10.8 Å². The molecule has 1 radical (unpaired) electrons. The van der Waals surface area contributed by atoms with Crippen LogP contribution in [0.3, 0.4) is 0 Å². The minimum Gasteiger partial charge on any atom is -0.512 e. The van der Waals surface area contributed by atoms with Gasteiger partial charge in [-0.3, -0.25) is 9.78 Å². The number of fused-ring (bicyclic) bond motifs is 1. The maximum atomic E-state index is 11.5. The van der Waals surface area contributed by atoms with Gasteiger partial charge in [0.05, 0.1) is 5.52 Å². The molecule has 3 rings (SSSR count). The van der Waals surface area contributed by atoms with Crippen LogP contribution in [0, 0.1) is 23.8 Å². The minimum absolute atomic E-state index is 0. The van der Waals surface area contributed by atoms with Gasteiger partial charge in [0.1, 0.15) is 5.76 Å². The van der Waals surface area contributed by atoms with Crippen molar-refractivity contribution in [1.82, 2.24) is 4.98 Å². The van der Waals surface area contributed by atoms with Gasteiger partial charge in [-0.15, -0.1) is 34.9 Å². The van der Waals surface area contributed by atoms with Crippen LogP contribution in [-0.4, -0.2) is 15.9 Å². The normalized spacial score (nSPS) is 12.9. The van der Waals surface area contributed by atoms with Crippen LogP contribution < -0.4 is 0 Å². The number of carbonyl (C=O) groups is 1. The zero-order chi connectivity index (χ0) is 29.3. The second-order valence-electron chi connectivity index (χ2n) is 14.4.